The molecule has 1 heterocycles. The van der Waals surface area contributed by atoms with Crippen LogP contribution in [-0.4, -0.2) is 21.6 Å². The number of halogens is 1. The number of fused-ring (bicyclic) bond motifs is 1. The summed E-state index contributed by atoms with van der Waals surface area (Å²) in [4.78, 5) is 24.5. The third kappa shape index (κ3) is 6.84. The minimum atomic E-state index is -1.09. The van der Waals surface area contributed by atoms with Crippen LogP contribution in [0.3, 0.4) is 0 Å². The van der Waals surface area contributed by atoms with Gasteiger partial charge in [0, 0.05) is 33.2 Å². The van der Waals surface area contributed by atoms with Gasteiger partial charge in [-0.3, -0.25) is 4.79 Å². The molecule has 0 aliphatic rings. The molecular formula is C33H33BrN2O3. The van der Waals surface area contributed by atoms with E-state index in [0.717, 1.165) is 37.8 Å². The second-order valence-corrected chi connectivity index (χ2v) is 10.3. The number of nitrogens with zero attached hydrogens (tertiary/aromatic N) is 1. The molecule has 3 rings (SSSR count). The average Bonchev–Trinajstić information content (AvgIpc) is 3.14. The fraction of sp³-hybridized carbons (Fsp3) is 0.152. The summed E-state index contributed by atoms with van der Waals surface area (Å²) < 4.78 is 3.15. The number of carbonyl (C=O) groups is 2. The van der Waals surface area contributed by atoms with Crippen LogP contribution >= 0.6 is 15.9 Å². The van der Waals surface area contributed by atoms with Crippen LogP contribution < -0.4 is 5.32 Å². The molecule has 0 saturated heterocycles. The van der Waals surface area contributed by atoms with Gasteiger partial charge in [0.1, 0.15) is 0 Å². The summed E-state index contributed by atoms with van der Waals surface area (Å²) in [7, 11) is 0. The van der Waals surface area contributed by atoms with Gasteiger partial charge in [0.2, 0.25) is 0 Å². The predicted octanol–water partition coefficient (Wildman–Crippen LogP) is 7.93. The molecule has 5 nitrogen and oxygen atoms in total. The van der Waals surface area contributed by atoms with E-state index < -0.39 is 5.97 Å². The first kappa shape index (κ1) is 29.4. The van der Waals surface area contributed by atoms with E-state index in [0.29, 0.717) is 23.3 Å². The Bertz CT molecular complexity index is 1550. The number of hydrogen-bond acceptors (Lipinski definition) is 2. The van der Waals surface area contributed by atoms with Crippen molar-refractivity contribution in [2.24, 2.45) is 0 Å². The lowest BCUT2D eigenvalue weighted by molar-refractivity contribution is -0.132. The minimum Gasteiger partial charge on any atom is -0.478 e. The quantitative estimate of drug-likeness (QED) is 0.177. The number of aliphatic carboxylic acids is 1. The van der Waals surface area contributed by atoms with Gasteiger partial charge >= 0.3 is 5.97 Å². The zero-order chi connectivity index (χ0) is 28.9. The first-order valence-electron chi connectivity index (χ1n) is 12.4. The second kappa shape index (κ2) is 12.6. The molecule has 0 spiro atoms. The molecule has 6 heteroatoms. The van der Waals surface area contributed by atoms with Crippen LogP contribution in [0, 0.1) is 13.8 Å². The van der Waals surface area contributed by atoms with Crippen molar-refractivity contribution in [2.45, 2.75) is 33.4 Å². The van der Waals surface area contributed by atoms with Crippen LogP contribution in [0.1, 0.15) is 40.1 Å². The maximum atomic E-state index is 13.0. The SMILES string of the molecule is C=C/C=C(\C(=C)C(=C)/C=C\C(=C)Cn1c(C)c(C)c2cc(C(=O)N[C@@H](C)c3ccc(Br)cc3)ccc21)C(=O)O. The van der Waals surface area contributed by atoms with E-state index in [4.69, 9.17) is 0 Å². The number of aryl methyl sites for hydroxylation is 1. The van der Waals surface area contributed by atoms with Crippen molar-refractivity contribution >= 4 is 38.7 Å². The highest BCUT2D eigenvalue weighted by Gasteiger charge is 2.16. The Labute approximate surface area is 238 Å². The number of aromatic nitrogens is 1. The van der Waals surface area contributed by atoms with Crippen LogP contribution in [0.15, 0.2) is 120 Å². The maximum Gasteiger partial charge on any atom is 0.336 e. The number of carboxylic acid groups (broad SMARTS) is 1. The van der Waals surface area contributed by atoms with Gasteiger partial charge in [-0.15, -0.1) is 0 Å². The molecule has 2 N–H and O–H groups in total. The Morgan fingerprint density at radius 3 is 2.36 bits per heavy atom. The number of nitrogens with one attached hydrogen (secondary N) is 1. The Balaban J connectivity index is 1.78. The number of allylic oxidation sites excluding steroid dienone is 6. The van der Waals surface area contributed by atoms with Gasteiger partial charge in [-0.25, -0.2) is 4.79 Å². The molecule has 1 aromatic heterocycles. The summed E-state index contributed by atoms with van der Waals surface area (Å²) in [6, 6.07) is 13.5. The monoisotopic (exact) mass is 584 g/mol. The van der Waals surface area contributed by atoms with Crippen LogP contribution in [-0.2, 0) is 11.3 Å². The third-order valence-electron chi connectivity index (χ3n) is 6.73. The molecule has 0 fully saturated rings. The van der Waals surface area contributed by atoms with E-state index in [-0.39, 0.29) is 17.5 Å². The largest absolute Gasteiger partial charge is 0.478 e. The van der Waals surface area contributed by atoms with Gasteiger partial charge in [-0.2, -0.15) is 0 Å². The maximum absolute atomic E-state index is 13.0. The number of carboxylic acids is 1. The third-order valence-corrected chi connectivity index (χ3v) is 7.26. The van der Waals surface area contributed by atoms with Crippen LogP contribution in [0.5, 0.6) is 0 Å². The highest BCUT2D eigenvalue weighted by atomic mass is 79.9. The molecule has 0 aliphatic heterocycles. The number of amides is 1. The number of benzene rings is 2. The lowest BCUT2D eigenvalue weighted by atomic mass is 9.99. The summed E-state index contributed by atoms with van der Waals surface area (Å²) in [6.45, 7) is 22.1. The standard InChI is InChI=1S/C33H33BrN2O3/c1-8-9-29(33(38)39)22(4)21(3)11-10-20(2)19-36-25(7)23(5)30-18-27(14-17-31(30)36)32(37)35-24(6)26-12-15-28(34)16-13-26/h8-18,24H,1-4,19H2,5-7H3,(H,35,37)(H,38,39)/b11-10-,29-9+/t24-/m0/s1. The molecule has 1 atom stereocenters. The summed E-state index contributed by atoms with van der Waals surface area (Å²) in [5.74, 6) is -1.22. The van der Waals surface area contributed by atoms with Crippen molar-refractivity contribution in [3.05, 3.63) is 142 Å². The van der Waals surface area contributed by atoms with Crippen molar-refractivity contribution < 1.29 is 14.7 Å². The van der Waals surface area contributed by atoms with Gasteiger partial charge in [0.25, 0.3) is 5.91 Å². The Morgan fingerprint density at radius 1 is 1.08 bits per heavy atom. The molecule has 3 aromatic rings. The van der Waals surface area contributed by atoms with Gasteiger partial charge in [-0.1, -0.05) is 72.6 Å². The van der Waals surface area contributed by atoms with Gasteiger partial charge in [-0.05, 0) is 85.0 Å². The zero-order valence-electron chi connectivity index (χ0n) is 22.6. The van der Waals surface area contributed by atoms with E-state index in [1.54, 1.807) is 6.08 Å². The number of rotatable bonds is 11. The summed E-state index contributed by atoms with van der Waals surface area (Å²) >= 11 is 3.44. The van der Waals surface area contributed by atoms with E-state index in [1.165, 1.54) is 12.2 Å². The van der Waals surface area contributed by atoms with Gasteiger partial charge in [0.15, 0.2) is 0 Å². The van der Waals surface area contributed by atoms with E-state index in [9.17, 15) is 14.7 Å². The lowest BCUT2D eigenvalue weighted by Gasteiger charge is -2.15. The van der Waals surface area contributed by atoms with Crippen molar-refractivity contribution in [3.63, 3.8) is 0 Å². The summed E-state index contributed by atoms with van der Waals surface area (Å²) in [5, 5.41) is 13.5. The number of carbonyl (C=O) groups excluding carboxylic acids is 1. The van der Waals surface area contributed by atoms with Crippen molar-refractivity contribution in [2.75, 3.05) is 0 Å². The number of hydrogen-bond donors (Lipinski definition) is 2. The van der Waals surface area contributed by atoms with Crippen LogP contribution in [0.25, 0.3) is 10.9 Å². The highest BCUT2D eigenvalue weighted by Crippen LogP contribution is 2.28. The topological polar surface area (TPSA) is 71.3 Å². The van der Waals surface area contributed by atoms with Crippen LogP contribution in [0.2, 0.25) is 0 Å². The predicted molar refractivity (Wildman–Crippen MR) is 164 cm³/mol. The fourth-order valence-electron chi connectivity index (χ4n) is 4.28. The Morgan fingerprint density at radius 2 is 1.74 bits per heavy atom. The molecule has 0 radical (unpaired) electrons. The lowest BCUT2D eigenvalue weighted by Crippen LogP contribution is -2.26. The van der Waals surface area contributed by atoms with E-state index >= 15 is 0 Å². The summed E-state index contributed by atoms with van der Waals surface area (Å²) in [6.07, 6.45) is 6.33. The van der Waals surface area contributed by atoms with Crippen molar-refractivity contribution in [1.29, 1.82) is 0 Å². The fourth-order valence-corrected chi connectivity index (χ4v) is 4.54. The van der Waals surface area contributed by atoms with Gasteiger partial charge in [0.05, 0.1) is 11.6 Å². The van der Waals surface area contributed by atoms with E-state index in [2.05, 4.69) is 52.1 Å². The molecule has 39 heavy (non-hydrogen) atoms. The molecule has 2 aromatic carbocycles. The highest BCUT2D eigenvalue weighted by molar-refractivity contribution is 9.10. The summed E-state index contributed by atoms with van der Waals surface area (Å²) in [5.41, 5.74) is 6.43. The molecule has 0 unspecified atom stereocenters. The smallest absolute Gasteiger partial charge is 0.336 e. The van der Waals surface area contributed by atoms with Gasteiger partial charge < -0.3 is 15.0 Å². The van der Waals surface area contributed by atoms with Crippen molar-refractivity contribution in [3.8, 4) is 0 Å². The molecule has 200 valence electrons. The zero-order valence-corrected chi connectivity index (χ0v) is 24.1. The molecule has 0 saturated carbocycles. The molecule has 0 bridgehead atoms. The van der Waals surface area contributed by atoms with Crippen LogP contribution in [0.4, 0.5) is 0 Å². The average molecular weight is 586 g/mol. The first-order valence-corrected chi connectivity index (χ1v) is 13.2. The van der Waals surface area contributed by atoms with E-state index in [1.807, 2.05) is 69.3 Å². The Kier molecular flexibility index (Phi) is 9.49. The minimum absolute atomic E-state index is 0.0409. The normalized spacial score (nSPS) is 12.4. The molecule has 0 aliphatic carbocycles. The van der Waals surface area contributed by atoms with Crippen molar-refractivity contribution in [1.82, 2.24) is 9.88 Å². The molecule has 1 amide bonds. The first-order chi connectivity index (χ1) is 18.4. The second-order valence-electron chi connectivity index (χ2n) is 9.39. The molecular weight excluding hydrogens is 552 g/mol. The Hall–Kier alpha value is -4.16.